The Morgan fingerprint density at radius 2 is 2.38 bits per heavy atom. The van der Waals surface area contributed by atoms with E-state index in [2.05, 4.69) is 0 Å². The zero-order chi connectivity index (χ0) is 5.98. The molecule has 2 atom stereocenters. The third-order valence-electron chi connectivity index (χ3n) is 1.49. The van der Waals surface area contributed by atoms with Gasteiger partial charge in [-0.2, -0.15) is 0 Å². The molecule has 1 saturated heterocycles. The summed E-state index contributed by atoms with van der Waals surface area (Å²) in [6, 6.07) is 0.181. The Hall–Kier alpha value is -0.120. The molecule has 2 unspecified atom stereocenters. The lowest BCUT2D eigenvalue weighted by atomic mass is 10.2. The highest BCUT2D eigenvalue weighted by molar-refractivity contribution is 4.79. The molecule has 0 aromatic rings. The molecule has 8 heavy (non-hydrogen) atoms. The van der Waals surface area contributed by atoms with Crippen molar-refractivity contribution in [3.63, 3.8) is 0 Å². The van der Waals surface area contributed by atoms with E-state index in [1.165, 1.54) is 0 Å². The summed E-state index contributed by atoms with van der Waals surface area (Å²) in [5.74, 6) is 0. The molecule has 0 spiro atoms. The predicted octanol–water partition coefficient (Wildman–Crippen LogP) is -0.939. The second kappa shape index (κ2) is 2.44. The molecule has 4 N–H and O–H groups in total. The van der Waals surface area contributed by atoms with Crippen molar-refractivity contribution in [1.82, 2.24) is 0 Å². The van der Waals surface area contributed by atoms with Crippen molar-refractivity contribution in [2.45, 2.75) is 18.6 Å². The highest BCUT2D eigenvalue weighted by Gasteiger charge is 2.22. The Bertz CT molecular complexity index is 76.8. The third kappa shape index (κ3) is 0.992. The van der Waals surface area contributed by atoms with Crippen molar-refractivity contribution in [2.24, 2.45) is 11.5 Å². The standard InChI is InChI=1S/C5H12N2O/c6-3-5-4(7)1-2-8-5/h4-5H,1-3,6-7H2. The van der Waals surface area contributed by atoms with Gasteiger partial charge in [0.15, 0.2) is 0 Å². The van der Waals surface area contributed by atoms with Gasteiger partial charge in [-0.05, 0) is 6.42 Å². The summed E-state index contributed by atoms with van der Waals surface area (Å²) in [7, 11) is 0. The lowest BCUT2D eigenvalue weighted by Gasteiger charge is -2.09. The summed E-state index contributed by atoms with van der Waals surface area (Å²) in [6.07, 6.45) is 1.08. The lowest BCUT2D eigenvalue weighted by Crippen LogP contribution is -2.35. The first kappa shape index (κ1) is 6.01. The van der Waals surface area contributed by atoms with Crippen LogP contribution < -0.4 is 11.5 Å². The van der Waals surface area contributed by atoms with Crippen LogP contribution in [0.5, 0.6) is 0 Å². The van der Waals surface area contributed by atoms with Gasteiger partial charge in [0.2, 0.25) is 0 Å². The number of hydrogen-bond acceptors (Lipinski definition) is 3. The van der Waals surface area contributed by atoms with E-state index in [0.29, 0.717) is 6.54 Å². The highest BCUT2D eigenvalue weighted by atomic mass is 16.5. The van der Waals surface area contributed by atoms with Crippen LogP contribution in [0, 0.1) is 0 Å². The van der Waals surface area contributed by atoms with E-state index in [4.69, 9.17) is 16.2 Å². The van der Waals surface area contributed by atoms with Gasteiger partial charge in [-0.15, -0.1) is 0 Å². The van der Waals surface area contributed by atoms with Crippen LogP contribution in [-0.2, 0) is 4.74 Å². The molecule has 0 bridgehead atoms. The van der Waals surface area contributed by atoms with Crippen LogP contribution in [0.2, 0.25) is 0 Å². The van der Waals surface area contributed by atoms with Crippen LogP contribution >= 0.6 is 0 Å². The second-order valence-electron chi connectivity index (χ2n) is 2.10. The molecule has 3 heteroatoms. The highest BCUT2D eigenvalue weighted by Crippen LogP contribution is 2.08. The lowest BCUT2D eigenvalue weighted by molar-refractivity contribution is 0.111. The van der Waals surface area contributed by atoms with E-state index in [1.54, 1.807) is 0 Å². The Balaban J connectivity index is 2.30. The van der Waals surface area contributed by atoms with E-state index in [0.717, 1.165) is 13.0 Å². The molecular formula is C5H12N2O. The second-order valence-corrected chi connectivity index (χ2v) is 2.10. The fourth-order valence-corrected chi connectivity index (χ4v) is 0.908. The minimum absolute atomic E-state index is 0.120. The Labute approximate surface area is 49.0 Å². The average Bonchev–Trinajstić information content (AvgIpc) is 2.14. The quantitative estimate of drug-likeness (QED) is 0.465. The third-order valence-corrected chi connectivity index (χ3v) is 1.49. The molecular weight excluding hydrogens is 104 g/mol. The van der Waals surface area contributed by atoms with Crippen molar-refractivity contribution >= 4 is 0 Å². The Morgan fingerprint density at radius 1 is 1.62 bits per heavy atom. The van der Waals surface area contributed by atoms with E-state index in [9.17, 15) is 0 Å². The average molecular weight is 116 g/mol. The summed E-state index contributed by atoms with van der Waals surface area (Å²) in [5, 5.41) is 0. The van der Waals surface area contributed by atoms with E-state index >= 15 is 0 Å². The van der Waals surface area contributed by atoms with Crippen molar-refractivity contribution in [3.05, 3.63) is 0 Å². The molecule has 0 saturated carbocycles. The topological polar surface area (TPSA) is 61.3 Å². The summed E-state index contributed by atoms with van der Waals surface area (Å²) >= 11 is 0. The molecule has 48 valence electrons. The van der Waals surface area contributed by atoms with E-state index < -0.39 is 0 Å². The predicted molar refractivity (Wildman–Crippen MR) is 31.4 cm³/mol. The number of rotatable bonds is 1. The van der Waals surface area contributed by atoms with Gasteiger partial charge in [-0.3, -0.25) is 0 Å². The van der Waals surface area contributed by atoms with Crippen LogP contribution in [-0.4, -0.2) is 25.3 Å². The van der Waals surface area contributed by atoms with Gasteiger partial charge in [-0.25, -0.2) is 0 Å². The summed E-state index contributed by atoms with van der Waals surface area (Å²) in [4.78, 5) is 0. The molecule has 0 aromatic carbocycles. The molecule has 1 aliphatic heterocycles. The van der Waals surface area contributed by atoms with Gasteiger partial charge in [0.05, 0.1) is 6.10 Å². The van der Waals surface area contributed by atoms with Gasteiger partial charge in [0, 0.05) is 19.2 Å². The summed E-state index contributed by atoms with van der Waals surface area (Å²) in [6.45, 7) is 1.34. The van der Waals surface area contributed by atoms with Gasteiger partial charge in [-0.1, -0.05) is 0 Å². The normalized spacial score (nSPS) is 38.2. The largest absolute Gasteiger partial charge is 0.375 e. The summed E-state index contributed by atoms with van der Waals surface area (Å²) in [5.41, 5.74) is 10.9. The molecule has 0 aromatic heterocycles. The van der Waals surface area contributed by atoms with Gasteiger partial charge >= 0.3 is 0 Å². The first-order valence-corrected chi connectivity index (χ1v) is 2.92. The smallest absolute Gasteiger partial charge is 0.0848 e. The maximum absolute atomic E-state index is 5.58. The first-order valence-electron chi connectivity index (χ1n) is 2.92. The Kier molecular flexibility index (Phi) is 1.83. The van der Waals surface area contributed by atoms with E-state index in [1.807, 2.05) is 0 Å². The molecule has 3 nitrogen and oxygen atoms in total. The minimum Gasteiger partial charge on any atom is -0.375 e. The van der Waals surface area contributed by atoms with Crippen LogP contribution in [0.25, 0.3) is 0 Å². The number of ether oxygens (including phenoxy) is 1. The van der Waals surface area contributed by atoms with Crippen molar-refractivity contribution in [3.8, 4) is 0 Å². The molecule has 1 heterocycles. The monoisotopic (exact) mass is 116 g/mol. The van der Waals surface area contributed by atoms with Crippen LogP contribution in [0.3, 0.4) is 0 Å². The SMILES string of the molecule is NCC1OCCC1N. The molecule has 1 aliphatic rings. The first-order chi connectivity index (χ1) is 3.84. The summed E-state index contributed by atoms with van der Waals surface area (Å²) < 4.78 is 5.16. The number of nitrogens with two attached hydrogens (primary N) is 2. The van der Waals surface area contributed by atoms with Crippen molar-refractivity contribution in [1.29, 1.82) is 0 Å². The zero-order valence-electron chi connectivity index (χ0n) is 4.84. The van der Waals surface area contributed by atoms with Crippen molar-refractivity contribution in [2.75, 3.05) is 13.2 Å². The fourth-order valence-electron chi connectivity index (χ4n) is 0.908. The minimum atomic E-state index is 0.120. The molecule has 1 rings (SSSR count). The molecule has 0 radical (unpaired) electrons. The maximum Gasteiger partial charge on any atom is 0.0848 e. The zero-order valence-corrected chi connectivity index (χ0v) is 4.84. The molecule has 1 fully saturated rings. The van der Waals surface area contributed by atoms with Gasteiger partial charge in [0.25, 0.3) is 0 Å². The van der Waals surface area contributed by atoms with Crippen LogP contribution in [0.1, 0.15) is 6.42 Å². The Morgan fingerprint density at radius 3 is 2.62 bits per heavy atom. The number of hydrogen-bond donors (Lipinski definition) is 2. The van der Waals surface area contributed by atoms with Crippen molar-refractivity contribution < 1.29 is 4.74 Å². The van der Waals surface area contributed by atoms with E-state index in [-0.39, 0.29) is 12.1 Å². The fraction of sp³-hybridized carbons (Fsp3) is 1.00. The van der Waals surface area contributed by atoms with Crippen LogP contribution in [0.4, 0.5) is 0 Å². The van der Waals surface area contributed by atoms with Gasteiger partial charge in [0.1, 0.15) is 0 Å². The molecule has 0 amide bonds. The van der Waals surface area contributed by atoms with Gasteiger partial charge < -0.3 is 16.2 Å². The van der Waals surface area contributed by atoms with Crippen LogP contribution in [0.15, 0.2) is 0 Å². The molecule has 0 aliphatic carbocycles. The maximum atomic E-state index is 5.58.